The Kier molecular flexibility index (Phi) is 3.23. The van der Waals surface area contributed by atoms with Gasteiger partial charge in [-0.1, -0.05) is 0 Å². The van der Waals surface area contributed by atoms with Crippen molar-refractivity contribution in [2.45, 2.75) is 18.9 Å². The van der Waals surface area contributed by atoms with Gasteiger partial charge in [0, 0.05) is 42.1 Å². The smallest absolute Gasteiger partial charge is 0.278 e. The molecule has 0 unspecified atom stereocenters. The van der Waals surface area contributed by atoms with E-state index in [-0.39, 0.29) is 17.2 Å². The van der Waals surface area contributed by atoms with Gasteiger partial charge in [0.15, 0.2) is 0 Å². The van der Waals surface area contributed by atoms with Crippen LogP contribution < -0.4 is 4.90 Å². The second kappa shape index (κ2) is 5.05. The van der Waals surface area contributed by atoms with E-state index in [0.717, 1.165) is 23.9 Å². The lowest BCUT2D eigenvalue weighted by Crippen LogP contribution is -2.29. The van der Waals surface area contributed by atoms with Crippen LogP contribution >= 0.6 is 0 Å². The highest BCUT2D eigenvalue weighted by molar-refractivity contribution is 5.99. The molecule has 104 valence electrons. The number of pyridine rings is 1. The van der Waals surface area contributed by atoms with Crippen molar-refractivity contribution in [2.75, 3.05) is 18.1 Å². The van der Waals surface area contributed by atoms with Crippen molar-refractivity contribution in [3.63, 3.8) is 0 Å². The van der Waals surface area contributed by atoms with E-state index >= 15 is 0 Å². The number of nitrogens with zero attached hydrogens (tertiary/aromatic N) is 3. The second-order valence-electron chi connectivity index (χ2n) is 4.93. The van der Waals surface area contributed by atoms with Crippen LogP contribution in [0.2, 0.25) is 0 Å². The lowest BCUT2D eigenvalue weighted by molar-refractivity contribution is -0.383. The Morgan fingerprint density at radius 1 is 1.35 bits per heavy atom. The van der Waals surface area contributed by atoms with Crippen LogP contribution in [0.4, 0.5) is 11.4 Å². The molecule has 0 aliphatic heterocycles. The monoisotopic (exact) mass is 273 g/mol. The predicted octanol–water partition coefficient (Wildman–Crippen LogP) is 2.10. The molecule has 1 aliphatic rings. The molecule has 1 N–H and O–H groups in total. The van der Waals surface area contributed by atoms with Gasteiger partial charge in [0.05, 0.1) is 16.9 Å². The van der Waals surface area contributed by atoms with Crippen LogP contribution in [0, 0.1) is 10.1 Å². The van der Waals surface area contributed by atoms with Crippen molar-refractivity contribution in [1.82, 2.24) is 4.98 Å². The first kappa shape index (κ1) is 12.8. The third-order valence-electron chi connectivity index (χ3n) is 3.61. The number of fused-ring (bicyclic) bond motifs is 1. The molecule has 0 bridgehead atoms. The number of non-ortho nitro benzene ring substituents is 1. The highest BCUT2D eigenvalue weighted by Gasteiger charge is 2.30. The fourth-order valence-electron chi connectivity index (χ4n) is 2.56. The lowest BCUT2D eigenvalue weighted by atomic mass is 10.1. The van der Waals surface area contributed by atoms with E-state index in [1.165, 1.54) is 12.3 Å². The molecule has 0 saturated heterocycles. The Morgan fingerprint density at radius 2 is 2.15 bits per heavy atom. The molecule has 6 heteroatoms. The molecule has 1 aromatic carbocycles. The minimum absolute atomic E-state index is 0.0663. The van der Waals surface area contributed by atoms with Crippen molar-refractivity contribution in [3.8, 4) is 0 Å². The fourth-order valence-corrected chi connectivity index (χ4v) is 2.56. The lowest BCUT2D eigenvalue weighted by Gasteiger charge is -2.25. The molecule has 3 rings (SSSR count). The van der Waals surface area contributed by atoms with Crippen LogP contribution in [0.1, 0.15) is 12.8 Å². The number of rotatable bonds is 5. The minimum atomic E-state index is -0.388. The van der Waals surface area contributed by atoms with E-state index in [0.29, 0.717) is 18.0 Å². The van der Waals surface area contributed by atoms with Gasteiger partial charge in [-0.05, 0) is 25.0 Å². The van der Waals surface area contributed by atoms with E-state index in [1.54, 1.807) is 18.3 Å². The van der Waals surface area contributed by atoms with Gasteiger partial charge in [0.1, 0.15) is 0 Å². The maximum Gasteiger partial charge on any atom is 0.278 e. The first-order chi connectivity index (χ1) is 9.72. The summed E-state index contributed by atoms with van der Waals surface area (Å²) >= 11 is 0. The van der Waals surface area contributed by atoms with Gasteiger partial charge in [-0.3, -0.25) is 15.1 Å². The molecule has 1 fully saturated rings. The number of nitro benzene ring substituents is 1. The van der Waals surface area contributed by atoms with Gasteiger partial charge in [-0.2, -0.15) is 0 Å². The van der Waals surface area contributed by atoms with Crippen molar-refractivity contribution in [2.24, 2.45) is 0 Å². The van der Waals surface area contributed by atoms with Crippen molar-refractivity contribution in [1.29, 1.82) is 0 Å². The molecule has 1 aliphatic carbocycles. The summed E-state index contributed by atoms with van der Waals surface area (Å²) in [4.78, 5) is 16.8. The third kappa shape index (κ3) is 2.18. The Morgan fingerprint density at radius 3 is 2.80 bits per heavy atom. The Labute approximate surface area is 115 Å². The summed E-state index contributed by atoms with van der Waals surface area (Å²) in [6.45, 7) is 0.611. The van der Waals surface area contributed by atoms with Gasteiger partial charge in [0.25, 0.3) is 5.69 Å². The molecule has 0 spiro atoms. The summed E-state index contributed by atoms with van der Waals surface area (Å²) in [7, 11) is 0. The van der Waals surface area contributed by atoms with Crippen LogP contribution in [0.5, 0.6) is 0 Å². The molecule has 0 amide bonds. The van der Waals surface area contributed by atoms with Crippen molar-refractivity contribution >= 4 is 22.1 Å². The highest BCUT2D eigenvalue weighted by Crippen LogP contribution is 2.38. The van der Waals surface area contributed by atoms with Crippen LogP contribution in [0.3, 0.4) is 0 Å². The summed E-state index contributed by atoms with van der Waals surface area (Å²) in [5.41, 5.74) is 1.00. The standard InChI is InChI=1S/C14H15N3O3/c18-8-7-16(10-1-2-10)13-3-4-14(17(19)20)12-9-15-6-5-11(12)13/h3-6,9-10,18H,1-2,7-8H2. The number of hydrogen-bond donors (Lipinski definition) is 1. The molecule has 1 saturated carbocycles. The minimum Gasteiger partial charge on any atom is -0.395 e. The number of aromatic nitrogens is 1. The van der Waals surface area contributed by atoms with Crippen molar-refractivity contribution < 1.29 is 10.0 Å². The molecule has 1 heterocycles. The predicted molar refractivity (Wildman–Crippen MR) is 75.9 cm³/mol. The Balaban J connectivity index is 2.16. The first-order valence-corrected chi connectivity index (χ1v) is 6.61. The second-order valence-corrected chi connectivity index (χ2v) is 4.93. The zero-order chi connectivity index (χ0) is 14.1. The number of benzene rings is 1. The summed E-state index contributed by atoms with van der Waals surface area (Å²) in [5.74, 6) is 0. The van der Waals surface area contributed by atoms with E-state index in [4.69, 9.17) is 0 Å². The number of hydrogen-bond acceptors (Lipinski definition) is 5. The molecule has 20 heavy (non-hydrogen) atoms. The topological polar surface area (TPSA) is 79.5 Å². The van der Waals surface area contributed by atoms with Gasteiger partial charge in [-0.15, -0.1) is 0 Å². The number of nitro groups is 1. The van der Waals surface area contributed by atoms with E-state index in [1.807, 2.05) is 0 Å². The maximum atomic E-state index is 11.1. The van der Waals surface area contributed by atoms with Gasteiger partial charge in [-0.25, -0.2) is 0 Å². The molecular weight excluding hydrogens is 258 g/mol. The van der Waals surface area contributed by atoms with Gasteiger partial charge < -0.3 is 10.0 Å². The van der Waals surface area contributed by atoms with E-state index in [2.05, 4.69) is 9.88 Å². The van der Waals surface area contributed by atoms with E-state index < -0.39 is 0 Å². The summed E-state index contributed by atoms with van der Waals surface area (Å²) in [6.07, 6.45) is 5.37. The third-order valence-corrected chi connectivity index (χ3v) is 3.61. The van der Waals surface area contributed by atoms with E-state index in [9.17, 15) is 15.2 Å². The van der Waals surface area contributed by atoms with Crippen LogP contribution in [0.25, 0.3) is 10.8 Å². The zero-order valence-electron chi connectivity index (χ0n) is 10.9. The Bertz CT molecular complexity index is 655. The molecule has 0 radical (unpaired) electrons. The number of aliphatic hydroxyl groups is 1. The fraction of sp³-hybridized carbons (Fsp3) is 0.357. The van der Waals surface area contributed by atoms with Crippen LogP contribution in [0.15, 0.2) is 30.6 Å². The largest absolute Gasteiger partial charge is 0.395 e. The maximum absolute atomic E-state index is 11.1. The van der Waals surface area contributed by atoms with Gasteiger partial charge in [0.2, 0.25) is 0 Å². The number of aliphatic hydroxyl groups excluding tert-OH is 1. The number of anilines is 1. The average molecular weight is 273 g/mol. The normalized spacial score (nSPS) is 14.4. The summed E-state index contributed by atoms with van der Waals surface area (Å²) in [6, 6.07) is 5.52. The summed E-state index contributed by atoms with van der Waals surface area (Å²) in [5, 5.41) is 21.7. The molecule has 2 aromatic rings. The summed E-state index contributed by atoms with van der Waals surface area (Å²) < 4.78 is 0. The quantitative estimate of drug-likeness (QED) is 0.666. The molecule has 6 nitrogen and oxygen atoms in total. The zero-order valence-corrected chi connectivity index (χ0v) is 10.9. The molecular formula is C14H15N3O3. The van der Waals surface area contributed by atoms with Crippen molar-refractivity contribution in [3.05, 3.63) is 40.7 Å². The average Bonchev–Trinajstić information content (AvgIpc) is 3.28. The van der Waals surface area contributed by atoms with Gasteiger partial charge >= 0.3 is 0 Å². The molecule has 1 aromatic heterocycles. The van der Waals surface area contributed by atoms with Crippen LogP contribution in [-0.4, -0.2) is 34.2 Å². The first-order valence-electron chi connectivity index (χ1n) is 6.61. The molecule has 0 atom stereocenters. The highest BCUT2D eigenvalue weighted by atomic mass is 16.6. The Hall–Kier alpha value is -2.21. The SMILES string of the molecule is O=[N+]([O-])c1ccc(N(CCO)C2CC2)c2ccncc12. The van der Waals surface area contributed by atoms with Crippen LogP contribution in [-0.2, 0) is 0 Å².